The van der Waals surface area contributed by atoms with Crippen molar-refractivity contribution in [3.05, 3.63) is 101 Å². The predicted molar refractivity (Wildman–Crippen MR) is 109 cm³/mol. The van der Waals surface area contributed by atoms with Crippen LogP contribution in [0.2, 0.25) is 0 Å². The number of hydrogen-bond donors (Lipinski definition) is 0. The lowest BCUT2D eigenvalue weighted by Gasteiger charge is -2.00. The maximum absolute atomic E-state index is 12.2. The number of hydrogen-bond acceptors (Lipinski definition) is 6. The number of nitrogens with zero attached hydrogens (tertiary/aromatic N) is 3. The summed E-state index contributed by atoms with van der Waals surface area (Å²) in [6.45, 7) is -0.105. The first-order chi connectivity index (χ1) is 14.7. The molecule has 0 saturated carbocycles. The predicted octanol–water partition coefficient (Wildman–Crippen LogP) is 3.10. The van der Waals surface area contributed by atoms with Crippen LogP contribution in [0.4, 0.5) is 0 Å². The Balaban J connectivity index is 1.48. The van der Waals surface area contributed by atoms with Crippen LogP contribution in [0.25, 0.3) is 17.3 Å². The highest BCUT2D eigenvalue weighted by Crippen LogP contribution is 2.18. The summed E-state index contributed by atoms with van der Waals surface area (Å²) in [5.41, 5.74) is 1.80. The molecule has 4 aromatic rings. The zero-order chi connectivity index (χ0) is 20.8. The van der Waals surface area contributed by atoms with Crippen molar-refractivity contribution < 1.29 is 13.9 Å². The smallest absolute Gasteiger partial charge is 0.339 e. The molecule has 2 aromatic heterocycles. The van der Waals surface area contributed by atoms with E-state index >= 15 is 0 Å². The van der Waals surface area contributed by atoms with Gasteiger partial charge in [-0.1, -0.05) is 54.5 Å². The van der Waals surface area contributed by atoms with E-state index in [1.54, 1.807) is 24.3 Å². The van der Waals surface area contributed by atoms with Crippen LogP contribution in [0.1, 0.15) is 16.1 Å². The molecule has 30 heavy (non-hydrogen) atoms. The Morgan fingerprint density at radius 2 is 1.73 bits per heavy atom. The van der Waals surface area contributed by atoms with Gasteiger partial charge in [0.25, 0.3) is 5.56 Å². The average Bonchev–Trinajstić information content (AvgIpc) is 3.29. The Morgan fingerprint density at radius 1 is 1.00 bits per heavy atom. The topological polar surface area (TPSA) is 87.2 Å². The molecule has 0 bridgehead atoms. The summed E-state index contributed by atoms with van der Waals surface area (Å²) in [6, 6.07) is 20.9. The van der Waals surface area contributed by atoms with Crippen LogP contribution in [-0.2, 0) is 4.74 Å². The van der Waals surface area contributed by atoms with Crippen molar-refractivity contribution in [1.29, 1.82) is 0 Å². The highest BCUT2D eigenvalue weighted by molar-refractivity contribution is 5.89. The lowest BCUT2D eigenvalue weighted by atomic mass is 10.2. The van der Waals surface area contributed by atoms with Crippen LogP contribution >= 0.6 is 0 Å². The first-order valence-corrected chi connectivity index (χ1v) is 9.03. The van der Waals surface area contributed by atoms with Crippen molar-refractivity contribution in [3.8, 4) is 29.1 Å². The molecule has 0 aliphatic rings. The van der Waals surface area contributed by atoms with Gasteiger partial charge in [0.1, 0.15) is 17.7 Å². The molecule has 146 valence electrons. The van der Waals surface area contributed by atoms with E-state index in [0.29, 0.717) is 17.0 Å². The fraction of sp³-hybridized carbons (Fsp3) is 0.0435. The maximum atomic E-state index is 12.2. The van der Waals surface area contributed by atoms with Crippen molar-refractivity contribution in [2.45, 2.75) is 0 Å². The van der Waals surface area contributed by atoms with Gasteiger partial charge < -0.3 is 9.15 Å². The summed E-state index contributed by atoms with van der Waals surface area (Å²) in [4.78, 5) is 28.4. The van der Waals surface area contributed by atoms with Crippen LogP contribution in [0.3, 0.4) is 0 Å². The van der Waals surface area contributed by atoms with E-state index in [-0.39, 0.29) is 12.6 Å². The molecule has 2 heterocycles. The van der Waals surface area contributed by atoms with E-state index in [2.05, 4.69) is 21.9 Å². The van der Waals surface area contributed by atoms with Crippen molar-refractivity contribution in [2.75, 3.05) is 6.61 Å². The monoisotopic (exact) mass is 397 g/mol. The van der Waals surface area contributed by atoms with Gasteiger partial charge in [-0.2, -0.15) is 10.1 Å². The Morgan fingerprint density at radius 3 is 2.50 bits per heavy atom. The van der Waals surface area contributed by atoms with Gasteiger partial charge in [0.15, 0.2) is 6.61 Å². The largest absolute Gasteiger partial charge is 0.449 e. The van der Waals surface area contributed by atoms with E-state index in [1.807, 2.05) is 36.4 Å². The van der Waals surface area contributed by atoms with E-state index in [1.165, 1.54) is 18.4 Å². The molecule has 0 N–H and O–H groups in total. The number of esters is 1. The number of carbonyl (C=O) groups excluding carboxylic acids is 1. The van der Waals surface area contributed by atoms with E-state index in [9.17, 15) is 9.59 Å². The van der Waals surface area contributed by atoms with Crippen molar-refractivity contribution in [2.24, 2.45) is 0 Å². The SMILES string of the molecule is O=C(OCC#Cc1ccc(=O)n(-c2nc(-c3ccccc3)co2)n1)c1ccccc1. The minimum Gasteiger partial charge on any atom is -0.449 e. The summed E-state index contributed by atoms with van der Waals surface area (Å²) < 4.78 is 11.6. The van der Waals surface area contributed by atoms with E-state index in [0.717, 1.165) is 10.2 Å². The Bertz CT molecular complexity index is 1280. The summed E-state index contributed by atoms with van der Waals surface area (Å²) in [7, 11) is 0. The zero-order valence-electron chi connectivity index (χ0n) is 15.7. The van der Waals surface area contributed by atoms with Crippen molar-refractivity contribution >= 4 is 5.97 Å². The summed E-state index contributed by atoms with van der Waals surface area (Å²) >= 11 is 0. The quantitative estimate of drug-likeness (QED) is 0.388. The van der Waals surface area contributed by atoms with Crippen LogP contribution < -0.4 is 5.56 Å². The molecule has 0 saturated heterocycles. The van der Waals surface area contributed by atoms with Crippen LogP contribution in [0, 0.1) is 11.8 Å². The lowest BCUT2D eigenvalue weighted by molar-refractivity contribution is 0.0556. The third kappa shape index (κ3) is 4.34. The number of aromatic nitrogens is 3. The second kappa shape index (κ2) is 8.71. The molecule has 0 amide bonds. The summed E-state index contributed by atoms with van der Waals surface area (Å²) in [5, 5.41) is 4.16. The molecule has 0 unspecified atom stereocenters. The van der Waals surface area contributed by atoms with Gasteiger partial charge in [-0.3, -0.25) is 4.79 Å². The molecule has 0 atom stereocenters. The highest BCUT2D eigenvalue weighted by atomic mass is 16.5. The Labute approximate surface area is 171 Å². The van der Waals surface area contributed by atoms with Gasteiger partial charge in [-0.15, -0.1) is 4.68 Å². The molecule has 7 nitrogen and oxygen atoms in total. The van der Waals surface area contributed by atoms with Gasteiger partial charge in [0.2, 0.25) is 0 Å². The number of benzene rings is 2. The molecule has 2 aromatic carbocycles. The zero-order valence-corrected chi connectivity index (χ0v) is 15.7. The van der Waals surface area contributed by atoms with Crippen LogP contribution in [-0.4, -0.2) is 27.3 Å². The van der Waals surface area contributed by atoms with E-state index in [4.69, 9.17) is 9.15 Å². The average molecular weight is 397 g/mol. The minimum absolute atomic E-state index is 0.0398. The molecule has 0 fully saturated rings. The molecule has 7 heteroatoms. The van der Waals surface area contributed by atoms with Gasteiger partial charge in [0, 0.05) is 11.6 Å². The molecular weight excluding hydrogens is 382 g/mol. The molecular formula is C23H15N3O4. The lowest BCUT2D eigenvalue weighted by Crippen LogP contribution is -2.21. The Hall–Kier alpha value is -4.44. The van der Waals surface area contributed by atoms with Crippen LogP contribution in [0.5, 0.6) is 0 Å². The second-order valence-corrected chi connectivity index (χ2v) is 6.09. The third-order valence-corrected chi connectivity index (χ3v) is 4.04. The first-order valence-electron chi connectivity index (χ1n) is 9.03. The molecule has 0 radical (unpaired) electrons. The fourth-order valence-electron chi connectivity index (χ4n) is 2.60. The fourth-order valence-corrected chi connectivity index (χ4v) is 2.60. The van der Waals surface area contributed by atoms with Crippen LogP contribution in [0.15, 0.2) is 88.3 Å². The number of ether oxygens (including phenoxy) is 1. The van der Waals surface area contributed by atoms with Gasteiger partial charge >= 0.3 is 12.0 Å². The maximum Gasteiger partial charge on any atom is 0.339 e. The number of oxazole rings is 1. The normalized spacial score (nSPS) is 10.1. The Kier molecular flexibility index (Phi) is 5.49. The molecule has 4 rings (SSSR count). The number of rotatable bonds is 4. The molecule has 0 spiro atoms. The van der Waals surface area contributed by atoms with Crippen molar-refractivity contribution in [1.82, 2.24) is 14.8 Å². The molecule has 0 aliphatic carbocycles. The van der Waals surface area contributed by atoms with Crippen molar-refractivity contribution in [3.63, 3.8) is 0 Å². The first kappa shape index (κ1) is 18.9. The van der Waals surface area contributed by atoms with Gasteiger partial charge in [0.05, 0.1) is 5.56 Å². The van der Waals surface area contributed by atoms with Gasteiger partial charge in [-0.25, -0.2) is 4.79 Å². The highest BCUT2D eigenvalue weighted by Gasteiger charge is 2.11. The standard InChI is InChI=1S/C23H15N3O4/c27-21-14-13-19(12-7-15-29-22(28)18-10-5-2-6-11-18)25-26(21)23-24-20(16-30-23)17-8-3-1-4-9-17/h1-6,8-11,13-14,16H,15H2. The number of carbonyl (C=O) groups is 1. The van der Waals surface area contributed by atoms with E-state index < -0.39 is 11.5 Å². The summed E-state index contributed by atoms with van der Waals surface area (Å²) in [6.07, 6.45) is 1.46. The third-order valence-electron chi connectivity index (χ3n) is 4.04. The van der Waals surface area contributed by atoms with Gasteiger partial charge in [-0.05, 0) is 24.1 Å². The molecule has 0 aliphatic heterocycles. The summed E-state index contributed by atoms with van der Waals surface area (Å²) in [5.74, 6) is 5.01. The second-order valence-electron chi connectivity index (χ2n) is 6.09. The minimum atomic E-state index is -0.462.